The molecular formula is C9H10HgNaO3S. The predicted molar refractivity (Wildman–Crippen MR) is 51.7 cm³/mol. The van der Waals surface area contributed by atoms with Crippen LogP contribution in [0.3, 0.4) is 0 Å². The molecule has 0 unspecified atom stereocenters. The van der Waals surface area contributed by atoms with Crippen LogP contribution in [0.4, 0.5) is 0 Å². The van der Waals surface area contributed by atoms with Gasteiger partial charge in [0.05, 0.1) is 0 Å². The van der Waals surface area contributed by atoms with Gasteiger partial charge in [0.15, 0.2) is 0 Å². The molecule has 0 aliphatic heterocycles. The van der Waals surface area contributed by atoms with E-state index >= 15 is 0 Å². The molecule has 0 aromatic heterocycles. The van der Waals surface area contributed by atoms with E-state index in [9.17, 15) is 4.79 Å². The van der Waals surface area contributed by atoms with Crippen molar-refractivity contribution in [3.8, 4) is 5.75 Å². The Kier molecular flexibility index (Phi) is 9.33. The Balaban J connectivity index is 0. The van der Waals surface area contributed by atoms with E-state index in [0.29, 0.717) is 42.5 Å². The van der Waals surface area contributed by atoms with Crippen LogP contribution >= 0.6 is 8.52 Å². The summed E-state index contributed by atoms with van der Waals surface area (Å²) in [5.41, 5.74) is 0.493. The van der Waals surface area contributed by atoms with Gasteiger partial charge in [-0.3, -0.25) is 0 Å². The maximum atomic E-state index is 11.4. The molecule has 0 aliphatic carbocycles. The van der Waals surface area contributed by atoms with Gasteiger partial charge >= 0.3 is 131 Å². The van der Waals surface area contributed by atoms with Crippen molar-refractivity contribution in [2.45, 2.75) is 6.92 Å². The van der Waals surface area contributed by atoms with Crippen LogP contribution in [0.5, 0.6) is 5.75 Å². The minimum absolute atomic E-state index is 0. The summed E-state index contributed by atoms with van der Waals surface area (Å²) < 4.78 is 10.2. The number of para-hydroxylation sites is 1. The summed E-state index contributed by atoms with van der Waals surface area (Å²) in [4.78, 5) is 11.4. The fourth-order valence-corrected chi connectivity index (χ4v) is 2.73. The summed E-state index contributed by atoms with van der Waals surface area (Å²) in [7, 11) is 1.39. The van der Waals surface area contributed by atoms with E-state index in [1.54, 1.807) is 25.1 Å². The van der Waals surface area contributed by atoms with Crippen LogP contribution in [-0.2, 0) is 29.3 Å². The fraction of sp³-hybridized carbons (Fsp3) is 0.222. The van der Waals surface area contributed by atoms with Crippen molar-refractivity contribution in [3.63, 3.8) is 0 Å². The second-order valence-electron chi connectivity index (χ2n) is 2.42. The molecule has 0 saturated heterocycles. The van der Waals surface area contributed by atoms with Crippen molar-refractivity contribution in [1.82, 2.24) is 0 Å². The van der Waals surface area contributed by atoms with Gasteiger partial charge in [-0.05, 0) is 0 Å². The maximum absolute atomic E-state index is 11.4. The zero-order valence-electron chi connectivity index (χ0n) is 9.86. The summed E-state index contributed by atoms with van der Waals surface area (Å²) in [5, 5.41) is 0. The molecule has 0 N–H and O–H groups in total. The van der Waals surface area contributed by atoms with Gasteiger partial charge in [0.1, 0.15) is 0 Å². The molecule has 0 aliphatic rings. The van der Waals surface area contributed by atoms with Gasteiger partial charge in [-0.15, -0.1) is 0 Å². The summed E-state index contributed by atoms with van der Waals surface area (Å²) in [6.07, 6.45) is 0. The molecule has 0 radical (unpaired) electrons. The Morgan fingerprint density at radius 2 is 2.20 bits per heavy atom. The quantitative estimate of drug-likeness (QED) is 0.372. The second-order valence-corrected chi connectivity index (χ2v) is 5.57. The van der Waals surface area contributed by atoms with Gasteiger partial charge in [0, 0.05) is 0 Å². The number of rotatable bonds is 4. The second kappa shape index (κ2) is 8.87. The fourth-order valence-electron chi connectivity index (χ4n) is 0.980. The molecule has 0 fully saturated rings. The maximum Gasteiger partial charge on any atom is 1.00 e. The van der Waals surface area contributed by atoms with Gasteiger partial charge in [-0.1, -0.05) is 0 Å². The van der Waals surface area contributed by atoms with Gasteiger partial charge in [-0.2, -0.15) is 0 Å². The number of carbonyl (C=O) groups is 1. The number of ether oxygens (including phenoxy) is 1. The van der Waals surface area contributed by atoms with E-state index in [1.165, 1.54) is 8.52 Å². The zero-order valence-corrected chi connectivity index (χ0v) is 17.2. The Labute approximate surface area is 131 Å². The first-order chi connectivity index (χ1) is 6.79. The van der Waals surface area contributed by atoms with Crippen LogP contribution < -0.4 is 33.7 Å². The minimum Gasteiger partial charge on any atom is -1.00 e. The number of benzene rings is 1. The molecule has 0 spiro atoms. The van der Waals surface area contributed by atoms with Crippen LogP contribution in [0.1, 0.15) is 18.7 Å². The predicted octanol–water partition coefficient (Wildman–Crippen LogP) is -0.531. The molecule has 1 aromatic rings. The number of hydrogen-bond acceptors (Lipinski definition) is 4. The Hall–Kier alpha value is 0.775. The molecule has 6 heteroatoms. The van der Waals surface area contributed by atoms with E-state index in [1.807, 2.05) is 6.07 Å². The smallest absolute Gasteiger partial charge is 1.00 e. The van der Waals surface area contributed by atoms with E-state index < -0.39 is 0 Å². The molecule has 15 heavy (non-hydrogen) atoms. The third-order valence-electron chi connectivity index (χ3n) is 1.53. The average molecular weight is 422 g/mol. The SMILES string of the molecule is CCOC(=O)c1ccccc1O[S][Hg].[H-].[Na+]. The molecule has 0 amide bonds. The zero-order chi connectivity index (χ0) is 10.4. The molecule has 0 saturated carbocycles. The van der Waals surface area contributed by atoms with Crippen molar-refractivity contribution in [3.05, 3.63) is 29.8 Å². The van der Waals surface area contributed by atoms with E-state index in [4.69, 9.17) is 8.92 Å². The van der Waals surface area contributed by atoms with Gasteiger partial charge in [-0.25, -0.2) is 0 Å². The van der Waals surface area contributed by atoms with Crippen LogP contribution in [0.25, 0.3) is 0 Å². The monoisotopic (exact) mass is 423 g/mol. The number of carbonyl (C=O) groups excluding carboxylic acids is 1. The third-order valence-corrected chi connectivity index (χ3v) is 3.20. The van der Waals surface area contributed by atoms with Crippen molar-refractivity contribution < 1.29 is 69.3 Å². The molecule has 3 nitrogen and oxygen atoms in total. The Morgan fingerprint density at radius 3 is 2.80 bits per heavy atom. The summed E-state index contributed by atoms with van der Waals surface area (Å²) in [6.45, 7) is 2.16. The van der Waals surface area contributed by atoms with Gasteiger partial charge in [0.25, 0.3) is 0 Å². The molecule has 73 valence electrons. The number of esters is 1. The van der Waals surface area contributed by atoms with Crippen molar-refractivity contribution in [1.29, 1.82) is 0 Å². The molecule has 0 atom stereocenters. The van der Waals surface area contributed by atoms with Crippen molar-refractivity contribution >= 4 is 14.5 Å². The van der Waals surface area contributed by atoms with Crippen LogP contribution in [0.2, 0.25) is 0 Å². The number of hydrogen-bond donors (Lipinski definition) is 0. The van der Waals surface area contributed by atoms with Gasteiger partial charge < -0.3 is 1.43 Å². The summed E-state index contributed by atoms with van der Waals surface area (Å²) in [5.74, 6) is 0.261. The molecule has 0 heterocycles. The van der Waals surface area contributed by atoms with E-state index in [-0.39, 0.29) is 37.0 Å². The third kappa shape index (κ3) is 5.09. The largest absolute Gasteiger partial charge is 1.00 e. The summed E-state index contributed by atoms with van der Waals surface area (Å²) >= 11 is 0.490. The van der Waals surface area contributed by atoms with Crippen molar-refractivity contribution in [2.24, 2.45) is 0 Å². The first-order valence-electron chi connectivity index (χ1n) is 4.14. The first-order valence-corrected chi connectivity index (χ1v) is 11.8. The molecule has 0 bridgehead atoms. The van der Waals surface area contributed by atoms with E-state index in [0.717, 1.165) is 0 Å². The van der Waals surface area contributed by atoms with Crippen LogP contribution in [0.15, 0.2) is 24.3 Å². The topological polar surface area (TPSA) is 35.5 Å². The molecule has 1 aromatic carbocycles. The standard InChI is InChI=1S/C9H10O3S.Hg.Na.H/c1-2-11-9(10)7-5-3-4-6-8(7)12-13;;;/h3-6,13H,2H2,1H3;;;/q;2*+1;-1/p-1. The normalized spacial score (nSPS) is 9.00. The molecule has 1 rings (SSSR count). The van der Waals surface area contributed by atoms with E-state index in [2.05, 4.69) is 0 Å². The molecular weight excluding hydrogens is 412 g/mol. The van der Waals surface area contributed by atoms with Gasteiger partial charge in [0.2, 0.25) is 0 Å². The van der Waals surface area contributed by atoms with Crippen LogP contribution in [0, 0.1) is 0 Å². The minimum atomic E-state index is -0.328. The Bertz CT molecular complexity index is 327. The first kappa shape index (κ1) is 15.8. The Morgan fingerprint density at radius 1 is 1.53 bits per heavy atom. The summed E-state index contributed by atoms with van der Waals surface area (Å²) in [6, 6.07) is 7.10. The van der Waals surface area contributed by atoms with Crippen LogP contribution in [-0.4, -0.2) is 12.6 Å². The van der Waals surface area contributed by atoms with Crippen molar-refractivity contribution in [2.75, 3.05) is 6.61 Å². The average Bonchev–Trinajstić information content (AvgIpc) is 2.19.